The smallest absolute Gasteiger partial charge is 0.301 e. The number of hydrogen-bond acceptors (Lipinski definition) is 9. The largest absolute Gasteiger partial charge is 0.507 e. The minimum Gasteiger partial charge on any atom is -0.507 e. The molecule has 1 N–H and O–H groups in total. The number of rotatable bonds is 10. The van der Waals surface area contributed by atoms with E-state index >= 15 is 0 Å². The van der Waals surface area contributed by atoms with Crippen LogP contribution in [-0.4, -0.2) is 34.1 Å². The zero-order valence-electron chi connectivity index (χ0n) is 25.1. The Morgan fingerprint density at radius 1 is 0.957 bits per heavy atom. The van der Waals surface area contributed by atoms with Crippen LogP contribution in [-0.2, 0) is 21.9 Å². The van der Waals surface area contributed by atoms with E-state index in [1.54, 1.807) is 60.7 Å². The monoisotopic (exact) mass is 703 g/mol. The molecule has 238 valence electrons. The highest BCUT2D eigenvalue weighted by atomic mass is 35.5. The SMILES string of the molecule is COc1cccc(C2C(=C(O)c3ccc(OCc4cccc(C)c4)cc3)C(=O)C(=O)N2c2nnc(SCc3ccc(Cl)cc3Cl)s2)c1. The number of aliphatic hydroxyl groups excluding tert-OH is 1. The number of methoxy groups -OCH3 is 1. The van der Waals surface area contributed by atoms with E-state index < -0.39 is 17.7 Å². The molecule has 5 aromatic rings. The van der Waals surface area contributed by atoms with Crippen molar-refractivity contribution in [3.63, 3.8) is 0 Å². The highest BCUT2D eigenvalue weighted by molar-refractivity contribution is 8.00. The number of carbonyl (C=O) groups is 2. The summed E-state index contributed by atoms with van der Waals surface area (Å²) in [5, 5.41) is 21.4. The van der Waals surface area contributed by atoms with Gasteiger partial charge in [0.15, 0.2) is 4.34 Å². The van der Waals surface area contributed by atoms with Crippen molar-refractivity contribution in [1.82, 2.24) is 10.2 Å². The fourth-order valence-electron chi connectivity index (χ4n) is 5.13. The van der Waals surface area contributed by atoms with Gasteiger partial charge < -0.3 is 14.6 Å². The molecule has 47 heavy (non-hydrogen) atoms. The van der Waals surface area contributed by atoms with E-state index in [-0.39, 0.29) is 16.5 Å². The number of anilines is 1. The van der Waals surface area contributed by atoms with E-state index in [9.17, 15) is 14.7 Å². The van der Waals surface area contributed by atoms with Gasteiger partial charge in [-0.05, 0) is 72.1 Å². The molecule has 1 amide bonds. The maximum absolute atomic E-state index is 13.6. The van der Waals surface area contributed by atoms with Crippen LogP contribution in [0.2, 0.25) is 10.0 Å². The van der Waals surface area contributed by atoms with Crippen molar-refractivity contribution < 1.29 is 24.2 Å². The first-order valence-corrected chi connectivity index (χ1v) is 16.9. The zero-order chi connectivity index (χ0) is 33.1. The van der Waals surface area contributed by atoms with Crippen LogP contribution in [0.25, 0.3) is 5.76 Å². The number of aliphatic hydroxyl groups is 1. The van der Waals surface area contributed by atoms with Gasteiger partial charge in [-0.1, -0.05) is 94.3 Å². The summed E-state index contributed by atoms with van der Waals surface area (Å²) in [6, 6.07) is 26.0. The van der Waals surface area contributed by atoms with Crippen molar-refractivity contribution in [2.45, 2.75) is 29.7 Å². The van der Waals surface area contributed by atoms with Crippen molar-refractivity contribution in [2.75, 3.05) is 12.0 Å². The number of halogens is 2. The average molecular weight is 705 g/mol. The lowest BCUT2D eigenvalue weighted by molar-refractivity contribution is -0.132. The van der Waals surface area contributed by atoms with E-state index in [1.807, 2.05) is 37.3 Å². The number of aryl methyl sites for hydroxylation is 1. The number of hydrogen-bond donors (Lipinski definition) is 1. The van der Waals surface area contributed by atoms with Crippen LogP contribution in [0.4, 0.5) is 5.13 Å². The molecule has 4 aromatic carbocycles. The Balaban J connectivity index is 1.31. The minimum absolute atomic E-state index is 0.0750. The molecule has 2 heterocycles. The third-order valence-corrected chi connectivity index (χ3v) is 10.1. The van der Waals surface area contributed by atoms with Crippen molar-refractivity contribution >= 4 is 68.9 Å². The molecule has 1 aromatic heterocycles. The molecule has 0 saturated carbocycles. The van der Waals surface area contributed by atoms with Crippen LogP contribution >= 0.6 is 46.3 Å². The van der Waals surface area contributed by atoms with E-state index in [2.05, 4.69) is 10.2 Å². The lowest BCUT2D eigenvalue weighted by atomic mass is 9.95. The normalized spacial score (nSPS) is 15.7. The number of ketones is 1. The van der Waals surface area contributed by atoms with Crippen LogP contribution in [0.5, 0.6) is 11.5 Å². The van der Waals surface area contributed by atoms with Crippen molar-refractivity contribution in [2.24, 2.45) is 0 Å². The number of nitrogens with zero attached hydrogens (tertiary/aromatic N) is 3. The quantitative estimate of drug-likeness (QED) is 0.0507. The Bertz CT molecular complexity index is 2000. The minimum atomic E-state index is -0.987. The first-order valence-electron chi connectivity index (χ1n) is 14.4. The molecule has 0 spiro atoms. The van der Waals surface area contributed by atoms with Gasteiger partial charge in [-0.2, -0.15) is 0 Å². The number of benzene rings is 4. The summed E-state index contributed by atoms with van der Waals surface area (Å²) in [5.41, 5.74) is 3.87. The van der Waals surface area contributed by atoms with E-state index in [0.717, 1.165) is 28.0 Å². The molecule has 1 fully saturated rings. The predicted octanol–water partition coefficient (Wildman–Crippen LogP) is 8.66. The van der Waals surface area contributed by atoms with Gasteiger partial charge in [0.1, 0.15) is 23.9 Å². The summed E-state index contributed by atoms with van der Waals surface area (Å²) in [4.78, 5) is 28.6. The Kier molecular flexibility index (Phi) is 9.84. The topological polar surface area (TPSA) is 102 Å². The summed E-state index contributed by atoms with van der Waals surface area (Å²) in [7, 11) is 1.53. The number of ether oxygens (including phenoxy) is 2. The van der Waals surface area contributed by atoms with Crippen LogP contribution < -0.4 is 14.4 Å². The highest BCUT2D eigenvalue weighted by Gasteiger charge is 2.48. The fraction of sp³-hybridized carbons (Fsp3) is 0.143. The van der Waals surface area contributed by atoms with Crippen molar-refractivity contribution in [3.8, 4) is 11.5 Å². The number of amides is 1. The molecule has 1 unspecified atom stereocenters. The van der Waals surface area contributed by atoms with Gasteiger partial charge in [-0.15, -0.1) is 10.2 Å². The van der Waals surface area contributed by atoms with Crippen molar-refractivity contribution in [1.29, 1.82) is 0 Å². The van der Waals surface area contributed by atoms with Gasteiger partial charge in [0.25, 0.3) is 5.78 Å². The maximum atomic E-state index is 13.6. The molecule has 1 aliphatic heterocycles. The highest BCUT2D eigenvalue weighted by Crippen LogP contribution is 2.45. The Hall–Kier alpha value is -4.35. The van der Waals surface area contributed by atoms with Gasteiger partial charge >= 0.3 is 5.91 Å². The molecule has 8 nitrogen and oxygen atoms in total. The summed E-state index contributed by atoms with van der Waals surface area (Å²) in [5.74, 6) is -0.380. The first-order chi connectivity index (χ1) is 22.7. The maximum Gasteiger partial charge on any atom is 0.301 e. The molecule has 6 rings (SSSR count). The lowest BCUT2D eigenvalue weighted by Crippen LogP contribution is -2.29. The molecule has 0 aliphatic carbocycles. The number of Topliss-reactive ketones (excluding diaryl/α,β-unsaturated/α-hetero) is 1. The molecular formula is C35H27Cl2N3O5S2. The summed E-state index contributed by atoms with van der Waals surface area (Å²) >= 11 is 14.9. The molecule has 1 atom stereocenters. The van der Waals surface area contributed by atoms with Crippen molar-refractivity contribution in [3.05, 3.63) is 134 Å². The second-order valence-electron chi connectivity index (χ2n) is 10.6. The average Bonchev–Trinajstić information content (AvgIpc) is 3.65. The van der Waals surface area contributed by atoms with Gasteiger partial charge in [0.2, 0.25) is 5.13 Å². The summed E-state index contributed by atoms with van der Waals surface area (Å²) < 4.78 is 11.9. The van der Waals surface area contributed by atoms with E-state index in [0.29, 0.717) is 49.4 Å². The number of thioether (sulfide) groups is 1. The second-order valence-corrected chi connectivity index (χ2v) is 13.6. The molecular weight excluding hydrogens is 677 g/mol. The Morgan fingerprint density at radius 2 is 1.74 bits per heavy atom. The predicted molar refractivity (Wildman–Crippen MR) is 186 cm³/mol. The summed E-state index contributed by atoms with van der Waals surface area (Å²) in [6.07, 6.45) is 0. The third-order valence-electron chi connectivity index (χ3n) is 7.44. The summed E-state index contributed by atoms with van der Waals surface area (Å²) in [6.45, 7) is 2.40. The third kappa shape index (κ3) is 7.16. The van der Waals surface area contributed by atoms with Crippen LogP contribution in [0.15, 0.2) is 101 Å². The fourth-order valence-corrected chi connectivity index (χ4v) is 7.55. The van der Waals surface area contributed by atoms with Crippen LogP contribution in [0.1, 0.15) is 33.9 Å². The Labute approximate surface area is 289 Å². The Morgan fingerprint density at radius 3 is 2.49 bits per heavy atom. The lowest BCUT2D eigenvalue weighted by Gasteiger charge is -2.23. The standard InChI is InChI=1S/C35H27Cl2N3O5S2/c1-20-5-3-6-21(15-20)18-45-26-13-10-22(11-14-26)31(41)29-30(23-7-4-8-27(16-23)44-2)40(33(43)32(29)42)34-38-39-35(47-34)46-19-24-9-12-25(36)17-28(24)37/h3-17,30,41H,18-19H2,1-2H3. The zero-order valence-corrected chi connectivity index (χ0v) is 28.3. The molecule has 12 heteroatoms. The van der Waals surface area contributed by atoms with Crippen LogP contribution in [0.3, 0.4) is 0 Å². The van der Waals surface area contributed by atoms with E-state index in [4.69, 9.17) is 32.7 Å². The second kappa shape index (κ2) is 14.2. The van der Waals surface area contributed by atoms with Gasteiger partial charge in [-0.25, -0.2) is 0 Å². The molecule has 0 radical (unpaired) electrons. The first kappa shape index (κ1) is 32.6. The molecule has 1 saturated heterocycles. The molecule has 1 aliphatic rings. The molecule has 0 bridgehead atoms. The number of aromatic nitrogens is 2. The number of carbonyl (C=O) groups excluding carboxylic acids is 2. The van der Waals surface area contributed by atoms with E-state index in [1.165, 1.54) is 23.8 Å². The van der Waals surface area contributed by atoms with Gasteiger partial charge in [0.05, 0.1) is 18.7 Å². The van der Waals surface area contributed by atoms with Gasteiger partial charge in [0, 0.05) is 21.4 Å². The van der Waals surface area contributed by atoms with Crippen LogP contribution in [0, 0.1) is 6.92 Å². The van der Waals surface area contributed by atoms with Gasteiger partial charge in [-0.3, -0.25) is 14.5 Å².